The van der Waals surface area contributed by atoms with Crippen molar-refractivity contribution in [2.45, 2.75) is 11.3 Å². The van der Waals surface area contributed by atoms with E-state index < -0.39 is 20.9 Å². The highest BCUT2D eigenvalue weighted by Gasteiger charge is 2.19. The summed E-state index contributed by atoms with van der Waals surface area (Å²) in [5.41, 5.74) is 5.48. The van der Waals surface area contributed by atoms with E-state index in [0.29, 0.717) is 5.56 Å². The molecule has 0 spiro atoms. The first-order valence-corrected chi connectivity index (χ1v) is 6.48. The van der Waals surface area contributed by atoms with E-state index in [1.165, 1.54) is 6.07 Å². The first-order chi connectivity index (χ1) is 7.77. The van der Waals surface area contributed by atoms with Crippen molar-refractivity contribution >= 4 is 40.0 Å². The predicted octanol–water partition coefficient (Wildman–Crippen LogP) is 0.609. The van der Waals surface area contributed by atoms with Gasteiger partial charge in [-0.25, -0.2) is 18.4 Å². The summed E-state index contributed by atoms with van der Waals surface area (Å²) in [5.74, 6) is -1.26. The fraction of sp³-hybridized carbons (Fsp3) is 0.222. The minimum atomic E-state index is -4.07. The molecule has 102 valence electrons. The average molecular weight is 315 g/mol. The summed E-state index contributed by atoms with van der Waals surface area (Å²) in [6, 6.07) is 2.21. The number of benzene rings is 1. The zero-order valence-corrected chi connectivity index (χ0v) is 11.5. The van der Waals surface area contributed by atoms with Crippen molar-refractivity contribution in [1.29, 1.82) is 0 Å². The zero-order chi connectivity index (χ0) is 13.2. The number of carboxylic acids is 1. The Hall–Kier alpha value is -0.860. The molecule has 5 N–H and O–H groups in total. The number of rotatable bonds is 4. The Kier molecular flexibility index (Phi) is 6.05. The molecule has 0 aliphatic rings. The van der Waals surface area contributed by atoms with Gasteiger partial charge in [-0.15, -0.1) is 12.4 Å². The lowest BCUT2D eigenvalue weighted by molar-refractivity contribution is 0.0696. The predicted molar refractivity (Wildman–Crippen MR) is 69.8 cm³/mol. The smallest absolute Gasteiger partial charge is 0.335 e. The number of carbonyl (C=O) groups is 1. The molecule has 0 bridgehead atoms. The van der Waals surface area contributed by atoms with E-state index in [9.17, 15) is 13.2 Å². The quantitative estimate of drug-likeness (QED) is 0.751. The van der Waals surface area contributed by atoms with E-state index in [-0.39, 0.29) is 36.0 Å². The maximum Gasteiger partial charge on any atom is 0.335 e. The lowest BCUT2D eigenvalue weighted by atomic mass is 10.1. The van der Waals surface area contributed by atoms with Crippen LogP contribution in [0.3, 0.4) is 0 Å². The third-order valence-electron chi connectivity index (χ3n) is 2.08. The summed E-state index contributed by atoms with van der Waals surface area (Å²) in [6.45, 7) is 0.215. The summed E-state index contributed by atoms with van der Waals surface area (Å²) in [6.07, 6.45) is 0.266. The van der Waals surface area contributed by atoms with Crippen molar-refractivity contribution in [3.63, 3.8) is 0 Å². The van der Waals surface area contributed by atoms with Gasteiger partial charge in [-0.3, -0.25) is 0 Å². The highest BCUT2D eigenvalue weighted by molar-refractivity contribution is 7.89. The number of primary sulfonamides is 1. The van der Waals surface area contributed by atoms with Crippen molar-refractivity contribution in [2.75, 3.05) is 6.54 Å². The number of aromatic carboxylic acids is 1. The molecule has 0 aromatic heterocycles. The molecule has 0 unspecified atom stereocenters. The van der Waals surface area contributed by atoms with Gasteiger partial charge in [-0.1, -0.05) is 11.6 Å². The first-order valence-electron chi connectivity index (χ1n) is 4.56. The first kappa shape index (κ1) is 17.1. The molecule has 1 aromatic carbocycles. The monoisotopic (exact) mass is 314 g/mol. The van der Waals surface area contributed by atoms with Crippen LogP contribution in [-0.4, -0.2) is 26.0 Å². The molecule has 0 atom stereocenters. The standard InChI is InChI=1S/C9H11ClN2O4S.ClH/c10-8-5(1-2-11)3-6(9(13)14)4-7(8)17(12,15)16;/h3-4H,1-2,11H2,(H,13,14)(H2,12,15,16);1H. The summed E-state index contributed by atoms with van der Waals surface area (Å²) in [4.78, 5) is 10.4. The van der Waals surface area contributed by atoms with Crippen LogP contribution in [0.15, 0.2) is 17.0 Å². The lowest BCUT2D eigenvalue weighted by Crippen LogP contribution is -2.15. The van der Waals surface area contributed by atoms with E-state index >= 15 is 0 Å². The minimum absolute atomic E-state index is 0. The molecule has 0 aliphatic carbocycles. The normalized spacial score (nSPS) is 10.8. The second kappa shape index (κ2) is 6.35. The molecule has 0 saturated carbocycles. The van der Waals surface area contributed by atoms with Crippen LogP contribution in [0, 0.1) is 0 Å². The number of hydrogen-bond donors (Lipinski definition) is 3. The molecule has 0 amide bonds. The van der Waals surface area contributed by atoms with Crippen molar-refractivity contribution in [3.05, 3.63) is 28.3 Å². The number of sulfonamides is 1. The lowest BCUT2D eigenvalue weighted by Gasteiger charge is -2.09. The van der Waals surface area contributed by atoms with Gasteiger partial charge in [0.05, 0.1) is 10.6 Å². The van der Waals surface area contributed by atoms with Crippen molar-refractivity contribution < 1.29 is 18.3 Å². The van der Waals surface area contributed by atoms with Crippen LogP contribution in [0.25, 0.3) is 0 Å². The molecule has 6 nitrogen and oxygen atoms in total. The van der Waals surface area contributed by atoms with Crippen LogP contribution in [0.2, 0.25) is 5.02 Å². The van der Waals surface area contributed by atoms with Crippen molar-refractivity contribution in [2.24, 2.45) is 10.9 Å². The molecule has 1 rings (SSSR count). The molecule has 0 radical (unpaired) electrons. The van der Waals surface area contributed by atoms with Crippen molar-refractivity contribution in [1.82, 2.24) is 0 Å². The van der Waals surface area contributed by atoms with Crippen LogP contribution < -0.4 is 10.9 Å². The maximum absolute atomic E-state index is 11.3. The molecule has 18 heavy (non-hydrogen) atoms. The molecule has 0 fully saturated rings. The van der Waals surface area contributed by atoms with Gasteiger partial charge in [0.15, 0.2) is 0 Å². The number of halogens is 2. The van der Waals surface area contributed by atoms with E-state index in [2.05, 4.69) is 0 Å². The fourth-order valence-corrected chi connectivity index (χ4v) is 2.52. The Morgan fingerprint density at radius 1 is 1.39 bits per heavy atom. The Morgan fingerprint density at radius 3 is 2.33 bits per heavy atom. The van der Waals surface area contributed by atoms with Crippen molar-refractivity contribution in [3.8, 4) is 0 Å². The van der Waals surface area contributed by atoms with Crippen LogP contribution >= 0.6 is 24.0 Å². The molecular formula is C9H12Cl2N2O4S. The maximum atomic E-state index is 11.3. The fourth-order valence-electron chi connectivity index (χ4n) is 1.32. The van der Waals surface area contributed by atoms with Gasteiger partial charge in [-0.2, -0.15) is 0 Å². The third-order valence-corrected chi connectivity index (χ3v) is 3.58. The SMILES string of the molecule is Cl.NCCc1cc(C(=O)O)cc(S(N)(=O)=O)c1Cl. The Balaban J connectivity index is 0.00000289. The average Bonchev–Trinajstić information content (AvgIpc) is 2.19. The number of carboxylic acid groups (broad SMARTS) is 1. The van der Waals surface area contributed by atoms with E-state index in [0.717, 1.165) is 6.07 Å². The van der Waals surface area contributed by atoms with Gasteiger partial charge in [0.2, 0.25) is 10.0 Å². The van der Waals surface area contributed by atoms with Crippen LogP contribution in [0.4, 0.5) is 0 Å². The molecular weight excluding hydrogens is 303 g/mol. The van der Waals surface area contributed by atoms with E-state index in [4.69, 9.17) is 27.6 Å². The second-order valence-electron chi connectivity index (χ2n) is 3.34. The van der Waals surface area contributed by atoms with Crippen LogP contribution in [0.1, 0.15) is 15.9 Å². The van der Waals surface area contributed by atoms with Crippen LogP contribution in [-0.2, 0) is 16.4 Å². The van der Waals surface area contributed by atoms with Gasteiger partial charge < -0.3 is 10.8 Å². The second-order valence-corrected chi connectivity index (χ2v) is 5.24. The largest absolute Gasteiger partial charge is 0.478 e. The Bertz CT molecular complexity index is 560. The molecule has 9 heteroatoms. The van der Waals surface area contributed by atoms with Gasteiger partial charge in [0, 0.05) is 0 Å². The summed E-state index contributed by atoms with van der Waals surface area (Å²) >= 11 is 5.84. The van der Waals surface area contributed by atoms with E-state index in [1.54, 1.807) is 0 Å². The zero-order valence-electron chi connectivity index (χ0n) is 9.09. The third kappa shape index (κ3) is 3.82. The van der Waals surface area contributed by atoms with E-state index in [1.807, 2.05) is 0 Å². The summed E-state index contributed by atoms with van der Waals surface area (Å²) < 4.78 is 22.5. The van der Waals surface area contributed by atoms with Crippen LogP contribution in [0.5, 0.6) is 0 Å². The van der Waals surface area contributed by atoms with Gasteiger partial charge >= 0.3 is 5.97 Å². The number of hydrogen-bond acceptors (Lipinski definition) is 4. The minimum Gasteiger partial charge on any atom is -0.478 e. The molecule has 0 saturated heterocycles. The Labute approximate surface area is 115 Å². The summed E-state index contributed by atoms with van der Waals surface area (Å²) in [5, 5.41) is 13.7. The Morgan fingerprint density at radius 2 is 1.94 bits per heavy atom. The molecule has 0 heterocycles. The molecule has 1 aromatic rings. The van der Waals surface area contributed by atoms with Gasteiger partial charge in [0.25, 0.3) is 0 Å². The summed E-state index contributed by atoms with van der Waals surface area (Å²) in [7, 11) is -4.07. The highest BCUT2D eigenvalue weighted by Crippen LogP contribution is 2.26. The highest BCUT2D eigenvalue weighted by atomic mass is 35.5. The molecule has 0 aliphatic heterocycles. The van der Waals surface area contributed by atoms with Gasteiger partial charge in [-0.05, 0) is 30.7 Å². The number of nitrogens with two attached hydrogens (primary N) is 2. The van der Waals surface area contributed by atoms with Gasteiger partial charge in [0.1, 0.15) is 4.90 Å². The topological polar surface area (TPSA) is 123 Å².